The summed E-state index contributed by atoms with van der Waals surface area (Å²) < 4.78 is 1.90. The van der Waals surface area contributed by atoms with Gasteiger partial charge in [0.15, 0.2) is 5.82 Å². The Morgan fingerprint density at radius 1 is 1.00 bits per heavy atom. The van der Waals surface area contributed by atoms with Crippen LogP contribution in [0, 0.1) is 5.92 Å². The van der Waals surface area contributed by atoms with Crippen molar-refractivity contribution in [2.45, 2.75) is 76.0 Å². The number of piperidine rings is 1. The minimum Gasteiger partial charge on any atom is -0.393 e. The Labute approximate surface area is 226 Å². The number of nitrogens with zero attached hydrogens (tertiary/aromatic N) is 7. The van der Waals surface area contributed by atoms with Crippen LogP contribution in [0.5, 0.6) is 0 Å². The zero-order chi connectivity index (χ0) is 26.3. The van der Waals surface area contributed by atoms with Gasteiger partial charge >= 0.3 is 0 Å². The average molecular weight is 530 g/mol. The molecular weight excluding hydrogens is 494 g/mol. The number of hydrogen-bond donors (Lipinski definition) is 3. The van der Waals surface area contributed by atoms with Gasteiger partial charge in [-0.15, -0.1) is 5.10 Å². The fourth-order valence-electron chi connectivity index (χ4n) is 6.33. The number of likely N-dealkylation sites (tertiary alicyclic amines) is 1. The maximum atomic E-state index is 14.1. The van der Waals surface area contributed by atoms with Gasteiger partial charge in [-0.25, -0.2) is 10.1 Å². The number of fused-ring (bicyclic) bond motifs is 3. The second-order valence-corrected chi connectivity index (χ2v) is 11.6. The summed E-state index contributed by atoms with van der Waals surface area (Å²) in [4.78, 5) is 26.1. The highest BCUT2D eigenvalue weighted by Gasteiger charge is 2.27. The molecule has 4 aromatic rings. The first kappa shape index (κ1) is 24.6. The van der Waals surface area contributed by atoms with Crippen molar-refractivity contribution in [1.29, 1.82) is 0 Å². The number of nitrogens with one attached hydrogen (secondary N) is 2. The molecule has 0 spiro atoms. The number of aromatic nitrogens is 7. The lowest BCUT2D eigenvalue weighted by Crippen LogP contribution is -2.33. The summed E-state index contributed by atoms with van der Waals surface area (Å²) in [7, 11) is 0. The first-order chi connectivity index (χ1) is 19.1. The number of aliphatic hydroxyl groups is 1. The first-order valence-electron chi connectivity index (χ1n) is 14.3. The minimum absolute atomic E-state index is 0.00381. The van der Waals surface area contributed by atoms with Crippen LogP contribution in [0.4, 0.5) is 5.95 Å². The number of aromatic amines is 1. The largest absolute Gasteiger partial charge is 0.393 e. The third kappa shape index (κ3) is 5.00. The van der Waals surface area contributed by atoms with Crippen molar-refractivity contribution in [3.05, 3.63) is 46.1 Å². The molecule has 1 aromatic carbocycles. The Balaban J connectivity index is 1.21. The lowest BCUT2D eigenvalue weighted by atomic mass is 9.92. The number of H-pyrrole nitrogens is 1. The number of hydrogen-bond acceptors (Lipinski definition) is 9. The van der Waals surface area contributed by atoms with Gasteiger partial charge in [0.1, 0.15) is 5.65 Å². The third-order valence-electron chi connectivity index (χ3n) is 8.84. The molecule has 7 rings (SSSR count). The van der Waals surface area contributed by atoms with Crippen molar-refractivity contribution in [2.24, 2.45) is 5.92 Å². The number of aliphatic hydroxyl groups excluding tert-OH is 1. The molecule has 0 unspecified atom stereocenters. The predicted molar refractivity (Wildman–Crippen MR) is 147 cm³/mol. The van der Waals surface area contributed by atoms with E-state index in [1.807, 2.05) is 10.8 Å². The Kier molecular flexibility index (Phi) is 6.48. The van der Waals surface area contributed by atoms with Gasteiger partial charge in [-0.3, -0.25) is 14.3 Å². The summed E-state index contributed by atoms with van der Waals surface area (Å²) >= 11 is 0. The van der Waals surface area contributed by atoms with E-state index in [4.69, 9.17) is 4.98 Å². The van der Waals surface area contributed by atoms with E-state index in [1.165, 1.54) is 12.8 Å². The summed E-state index contributed by atoms with van der Waals surface area (Å²) in [6.07, 6.45) is 9.04. The van der Waals surface area contributed by atoms with Gasteiger partial charge in [0, 0.05) is 42.0 Å². The summed E-state index contributed by atoms with van der Waals surface area (Å²) in [6.45, 7) is 3.58. The number of tetrazole rings is 1. The van der Waals surface area contributed by atoms with Crippen molar-refractivity contribution in [3.8, 4) is 0 Å². The summed E-state index contributed by atoms with van der Waals surface area (Å²) in [5, 5.41) is 30.5. The fraction of sp³-hybridized carbons (Fsp3) is 0.571. The SMILES string of the molecule is O=c1c2cc(CN3CCC(c4nnn[nH]4)CC3)ccc2c2cnc(NCC3CC3)nc2n1C1CCC(O)CC1. The molecule has 204 valence electrons. The van der Waals surface area contributed by atoms with Crippen LogP contribution in [0.25, 0.3) is 21.8 Å². The Hall–Kier alpha value is -3.44. The van der Waals surface area contributed by atoms with Crippen LogP contribution in [0.15, 0.2) is 29.2 Å². The van der Waals surface area contributed by atoms with Gasteiger partial charge in [0.05, 0.1) is 6.10 Å². The average Bonchev–Trinajstić information content (AvgIpc) is 3.64. The molecule has 0 radical (unpaired) electrons. The molecule has 2 saturated carbocycles. The standard InChI is InChI=1S/C28H35N9O2/c38-21-6-4-20(5-7-21)37-26-24(15-30-28(31-26)29-14-17-1-2-17)22-8-3-18(13-23(22)27(37)39)16-36-11-9-19(10-12-36)25-32-34-35-33-25/h3,8,13,15,17,19-21,38H,1-2,4-7,9-12,14,16H2,(H,29,30,31)(H,32,33,34,35). The highest BCUT2D eigenvalue weighted by molar-refractivity contribution is 6.04. The van der Waals surface area contributed by atoms with E-state index in [1.54, 1.807) is 0 Å². The van der Waals surface area contributed by atoms with Gasteiger partial charge in [-0.1, -0.05) is 12.1 Å². The number of pyridine rings is 1. The van der Waals surface area contributed by atoms with Crippen LogP contribution in [0.2, 0.25) is 0 Å². The molecule has 0 atom stereocenters. The zero-order valence-electron chi connectivity index (χ0n) is 22.1. The third-order valence-corrected chi connectivity index (χ3v) is 8.84. The molecule has 0 amide bonds. The second-order valence-electron chi connectivity index (χ2n) is 11.6. The Morgan fingerprint density at radius 2 is 1.82 bits per heavy atom. The topological polar surface area (TPSA) is 138 Å². The predicted octanol–water partition coefficient (Wildman–Crippen LogP) is 3.14. The smallest absolute Gasteiger partial charge is 0.260 e. The molecule has 1 aliphatic heterocycles. The Morgan fingerprint density at radius 3 is 2.56 bits per heavy atom. The van der Waals surface area contributed by atoms with Gasteiger partial charge in [-0.2, -0.15) is 4.98 Å². The Bertz CT molecular complexity index is 1520. The van der Waals surface area contributed by atoms with Crippen molar-refractivity contribution >= 4 is 27.8 Å². The van der Waals surface area contributed by atoms with Gasteiger partial charge in [0.2, 0.25) is 5.95 Å². The lowest BCUT2D eigenvalue weighted by Gasteiger charge is -2.31. The summed E-state index contributed by atoms with van der Waals surface area (Å²) in [5.41, 5.74) is 1.83. The molecular formula is C28H35N9O2. The van der Waals surface area contributed by atoms with Crippen LogP contribution in [-0.2, 0) is 6.54 Å². The molecule has 39 heavy (non-hydrogen) atoms. The summed E-state index contributed by atoms with van der Waals surface area (Å²) in [5.74, 6) is 2.52. The van der Waals surface area contributed by atoms with Crippen molar-refractivity contribution in [2.75, 3.05) is 25.0 Å². The fourth-order valence-corrected chi connectivity index (χ4v) is 6.33. The van der Waals surface area contributed by atoms with Crippen molar-refractivity contribution < 1.29 is 5.11 Å². The van der Waals surface area contributed by atoms with Gasteiger partial charge in [-0.05, 0) is 97.8 Å². The lowest BCUT2D eigenvalue weighted by molar-refractivity contribution is 0.111. The molecule has 3 aromatic heterocycles. The van der Waals surface area contributed by atoms with E-state index < -0.39 is 0 Å². The minimum atomic E-state index is -0.287. The molecule has 1 saturated heterocycles. The maximum absolute atomic E-state index is 14.1. The van der Waals surface area contributed by atoms with E-state index in [9.17, 15) is 9.90 Å². The van der Waals surface area contributed by atoms with Crippen LogP contribution in [0.1, 0.15) is 74.7 Å². The highest BCUT2D eigenvalue weighted by atomic mass is 16.3. The normalized spacial score (nSPS) is 23.0. The number of rotatable bonds is 7. The monoisotopic (exact) mass is 529 g/mol. The van der Waals surface area contributed by atoms with Crippen molar-refractivity contribution in [3.63, 3.8) is 0 Å². The molecule has 2 aliphatic carbocycles. The van der Waals surface area contributed by atoms with E-state index in [0.29, 0.717) is 36.3 Å². The first-order valence-corrected chi connectivity index (χ1v) is 14.3. The number of anilines is 1. The van der Waals surface area contributed by atoms with Gasteiger partial charge in [0.25, 0.3) is 5.56 Å². The highest BCUT2D eigenvalue weighted by Crippen LogP contribution is 2.33. The van der Waals surface area contributed by atoms with Crippen LogP contribution in [0.3, 0.4) is 0 Å². The van der Waals surface area contributed by atoms with E-state index in [0.717, 1.165) is 79.4 Å². The molecule has 3 aliphatic rings. The van der Waals surface area contributed by atoms with Crippen LogP contribution < -0.4 is 10.9 Å². The molecule has 11 nitrogen and oxygen atoms in total. The molecule has 4 heterocycles. The zero-order valence-corrected chi connectivity index (χ0v) is 22.1. The quantitative estimate of drug-likeness (QED) is 0.308. The van der Waals surface area contributed by atoms with E-state index in [-0.39, 0.29) is 17.7 Å². The number of benzene rings is 1. The van der Waals surface area contributed by atoms with E-state index in [2.05, 4.69) is 54.0 Å². The second kappa shape index (κ2) is 10.3. The van der Waals surface area contributed by atoms with Gasteiger partial charge < -0.3 is 10.4 Å². The van der Waals surface area contributed by atoms with Crippen LogP contribution in [-0.4, -0.2) is 70.9 Å². The molecule has 0 bridgehead atoms. The van der Waals surface area contributed by atoms with Crippen LogP contribution >= 0.6 is 0 Å². The molecule has 3 N–H and O–H groups in total. The van der Waals surface area contributed by atoms with Crippen molar-refractivity contribution in [1.82, 2.24) is 40.1 Å². The van der Waals surface area contributed by atoms with E-state index >= 15 is 0 Å². The maximum Gasteiger partial charge on any atom is 0.260 e. The molecule has 11 heteroatoms. The summed E-state index contributed by atoms with van der Waals surface area (Å²) in [6, 6.07) is 6.29. The molecule has 3 fully saturated rings.